The van der Waals surface area contributed by atoms with E-state index in [9.17, 15) is 0 Å². The molecule has 32 heavy (non-hydrogen) atoms. The quantitative estimate of drug-likeness (QED) is 0.649. The molecule has 0 bridgehead atoms. The van der Waals surface area contributed by atoms with E-state index in [-0.39, 0.29) is 0 Å². The topological polar surface area (TPSA) is 106 Å². The van der Waals surface area contributed by atoms with Gasteiger partial charge >= 0.3 is 0 Å². The first-order chi connectivity index (χ1) is 15.7. The van der Waals surface area contributed by atoms with Gasteiger partial charge in [0.2, 0.25) is 0 Å². The maximum absolute atomic E-state index is 5.73. The number of allylic oxidation sites excluding steroid dienone is 2. The van der Waals surface area contributed by atoms with Crippen molar-refractivity contribution in [2.75, 3.05) is 45.7 Å². The minimum atomic E-state index is 0.482. The zero-order valence-corrected chi connectivity index (χ0v) is 19.4. The summed E-state index contributed by atoms with van der Waals surface area (Å²) in [6.07, 6.45) is 12.6. The summed E-state index contributed by atoms with van der Waals surface area (Å²) in [6.45, 7) is 7.09. The van der Waals surface area contributed by atoms with Gasteiger partial charge < -0.3 is 25.8 Å². The summed E-state index contributed by atoms with van der Waals surface area (Å²) >= 11 is 0. The number of aliphatic imine (C=N–C) groups is 2. The average molecular weight is 441 g/mol. The Morgan fingerprint density at radius 3 is 2.81 bits per heavy atom. The molecule has 0 spiro atoms. The van der Waals surface area contributed by atoms with Crippen LogP contribution in [0.1, 0.15) is 38.7 Å². The summed E-state index contributed by atoms with van der Waals surface area (Å²) in [7, 11) is 1.71. The Kier molecular flexibility index (Phi) is 11.6. The zero-order chi connectivity index (χ0) is 23.0. The molecule has 3 rings (SSSR count). The largest absolute Gasteiger partial charge is 0.497 e. The molecule has 0 amide bonds. The van der Waals surface area contributed by atoms with Crippen molar-refractivity contribution in [3.63, 3.8) is 0 Å². The van der Waals surface area contributed by atoms with Crippen LogP contribution in [0.3, 0.4) is 0 Å². The number of ether oxygens (including phenoxy) is 2. The zero-order valence-electron chi connectivity index (χ0n) is 19.4. The first-order valence-corrected chi connectivity index (χ1v) is 11.2. The van der Waals surface area contributed by atoms with Gasteiger partial charge in [0.1, 0.15) is 17.4 Å². The number of anilines is 1. The third-order valence-electron chi connectivity index (χ3n) is 4.72. The van der Waals surface area contributed by atoms with Gasteiger partial charge in [0.05, 0.1) is 45.4 Å². The Morgan fingerprint density at radius 2 is 2.03 bits per heavy atom. The van der Waals surface area contributed by atoms with Crippen molar-refractivity contribution in [2.45, 2.75) is 33.1 Å². The smallest absolute Gasteiger partial charge is 0.123 e. The van der Waals surface area contributed by atoms with E-state index in [1.807, 2.05) is 26.0 Å². The van der Waals surface area contributed by atoms with Gasteiger partial charge in [-0.05, 0) is 43.5 Å². The van der Waals surface area contributed by atoms with Crippen molar-refractivity contribution >= 4 is 23.7 Å². The molecule has 0 atom stereocenters. The Labute approximate surface area is 191 Å². The maximum Gasteiger partial charge on any atom is 0.123 e. The number of aromatic nitrogens is 1. The second-order valence-corrected chi connectivity index (χ2v) is 6.92. The second kappa shape index (κ2) is 14.8. The number of nitrogen functional groups attached to an aromatic ring is 1. The molecule has 174 valence electrons. The molecule has 2 aliphatic rings. The summed E-state index contributed by atoms with van der Waals surface area (Å²) in [5, 5.41) is 6.69. The fraction of sp³-hybridized carbons (Fsp3) is 0.458. The highest BCUT2D eigenvalue weighted by molar-refractivity contribution is 6.00. The Bertz CT molecular complexity index is 841. The fourth-order valence-corrected chi connectivity index (χ4v) is 3.11. The number of pyridine rings is 1. The summed E-state index contributed by atoms with van der Waals surface area (Å²) in [4.78, 5) is 13.2. The molecule has 0 unspecified atom stereocenters. The van der Waals surface area contributed by atoms with Gasteiger partial charge in [-0.2, -0.15) is 0 Å². The lowest BCUT2D eigenvalue weighted by Gasteiger charge is -2.15. The van der Waals surface area contributed by atoms with Crippen LogP contribution in [-0.4, -0.2) is 57.1 Å². The lowest BCUT2D eigenvalue weighted by Crippen LogP contribution is -2.26. The number of nitrogens with one attached hydrogen (secondary N) is 2. The normalized spacial score (nSPS) is 18.6. The highest BCUT2D eigenvalue weighted by Crippen LogP contribution is 2.20. The molecule has 2 heterocycles. The van der Waals surface area contributed by atoms with Crippen LogP contribution in [0.4, 0.5) is 5.82 Å². The third kappa shape index (κ3) is 8.93. The number of hydrogen-bond donors (Lipinski definition) is 3. The van der Waals surface area contributed by atoms with Crippen LogP contribution >= 0.6 is 0 Å². The lowest BCUT2D eigenvalue weighted by molar-refractivity contribution is 0.150. The first kappa shape index (κ1) is 25.1. The van der Waals surface area contributed by atoms with E-state index in [0.29, 0.717) is 32.1 Å². The molecule has 8 nitrogen and oxygen atoms in total. The van der Waals surface area contributed by atoms with Gasteiger partial charge in [-0.3, -0.25) is 9.98 Å². The van der Waals surface area contributed by atoms with Crippen LogP contribution in [0.25, 0.3) is 5.70 Å². The van der Waals surface area contributed by atoms with Crippen molar-refractivity contribution in [2.24, 2.45) is 9.98 Å². The number of methoxy groups -OCH3 is 1. The van der Waals surface area contributed by atoms with Crippen molar-refractivity contribution in [3.05, 3.63) is 53.5 Å². The van der Waals surface area contributed by atoms with Gasteiger partial charge in [0.25, 0.3) is 0 Å². The number of hydrogen-bond acceptors (Lipinski definition) is 8. The van der Waals surface area contributed by atoms with E-state index >= 15 is 0 Å². The molecular weight excluding hydrogens is 404 g/mol. The predicted octanol–water partition coefficient (Wildman–Crippen LogP) is 3.31. The molecule has 1 aromatic rings. The monoisotopic (exact) mass is 440 g/mol. The molecule has 1 aromatic heterocycles. The molecule has 8 heteroatoms. The summed E-state index contributed by atoms with van der Waals surface area (Å²) in [5.41, 5.74) is 8.86. The summed E-state index contributed by atoms with van der Waals surface area (Å²) in [6, 6.07) is 3.70. The van der Waals surface area contributed by atoms with Gasteiger partial charge in [0, 0.05) is 24.4 Å². The van der Waals surface area contributed by atoms with Crippen LogP contribution in [-0.2, 0) is 9.47 Å². The highest BCUT2D eigenvalue weighted by atomic mass is 16.5. The van der Waals surface area contributed by atoms with Crippen molar-refractivity contribution in [3.8, 4) is 0 Å². The van der Waals surface area contributed by atoms with Crippen LogP contribution in [0.5, 0.6) is 0 Å². The van der Waals surface area contributed by atoms with Crippen LogP contribution in [0, 0.1) is 0 Å². The van der Waals surface area contributed by atoms with Gasteiger partial charge in [0.15, 0.2) is 0 Å². The summed E-state index contributed by atoms with van der Waals surface area (Å²) < 4.78 is 10.9. The van der Waals surface area contributed by atoms with E-state index in [1.54, 1.807) is 25.7 Å². The number of amidine groups is 1. The third-order valence-corrected chi connectivity index (χ3v) is 4.72. The van der Waals surface area contributed by atoms with E-state index in [1.165, 1.54) is 5.57 Å². The molecule has 1 aliphatic carbocycles. The van der Waals surface area contributed by atoms with Crippen molar-refractivity contribution in [1.82, 2.24) is 15.6 Å². The van der Waals surface area contributed by atoms with Gasteiger partial charge in [-0.15, -0.1) is 0 Å². The van der Waals surface area contributed by atoms with E-state index < -0.39 is 0 Å². The molecule has 0 saturated heterocycles. The van der Waals surface area contributed by atoms with Gasteiger partial charge in [-0.25, -0.2) is 4.98 Å². The first-order valence-electron chi connectivity index (χ1n) is 11.2. The summed E-state index contributed by atoms with van der Waals surface area (Å²) in [5.74, 6) is 2.21. The maximum atomic E-state index is 5.73. The molecule has 0 radical (unpaired) electrons. The predicted molar refractivity (Wildman–Crippen MR) is 133 cm³/mol. The molecular formula is C24H36N6O2. The molecule has 0 aromatic carbocycles. The average Bonchev–Trinajstić information content (AvgIpc) is 2.82. The fourth-order valence-electron chi connectivity index (χ4n) is 3.11. The SMILES string of the molecule is CC.COC1=CCCC(CCNC2=NCCOCCN=CN/C(c3ccc(N)nc3)=C\2)=C1. The van der Waals surface area contributed by atoms with Crippen molar-refractivity contribution in [1.29, 1.82) is 0 Å². The minimum absolute atomic E-state index is 0.482. The molecule has 1 aliphatic heterocycles. The second-order valence-electron chi connectivity index (χ2n) is 6.92. The van der Waals surface area contributed by atoms with E-state index in [2.05, 4.69) is 37.8 Å². The Balaban J connectivity index is 0.00000176. The van der Waals surface area contributed by atoms with Crippen molar-refractivity contribution < 1.29 is 9.47 Å². The molecule has 4 N–H and O–H groups in total. The van der Waals surface area contributed by atoms with Gasteiger partial charge in [-0.1, -0.05) is 19.4 Å². The molecule has 0 saturated carbocycles. The highest BCUT2D eigenvalue weighted by Gasteiger charge is 2.08. The Hall–Kier alpha value is -3.13. The minimum Gasteiger partial charge on any atom is -0.497 e. The van der Waals surface area contributed by atoms with Crippen LogP contribution in [0.15, 0.2) is 57.9 Å². The standard InChI is InChI=1S/C22H30N6O2.C2H6/c1-29-19-4-2-3-17(13-19)7-8-25-22-14-20(18-5-6-21(23)27-15-18)28-16-24-9-11-30-12-10-26-22;1-2/h4-6,13-16H,2-3,7-12H2,1H3,(H2,23,27)(H,24,28)(H,25,26);1-2H3/b20-14-;. The van der Waals surface area contributed by atoms with E-state index in [4.69, 9.17) is 15.2 Å². The number of nitrogens with two attached hydrogens (primary N) is 1. The van der Waals surface area contributed by atoms with Crippen LogP contribution < -0.4 is 16.4 Å². The Morgan fingerprint density at radius 1 is 1.19 bits per heavy atom. The molecule has 0 fully saturated rings. The number of rotatable bonds is 5. The van der Waals surface area contributed by atoms with Crippen LogP contribution in [0.2, 0.25) is 0 Å². The number of nitrogens with zero attached hydrogens (tertiary/aromatic N) is 3. The lowest BCUT2D eigenvalue weighted by atomic mass is 10.0. The van der Waals surface area contributed by atoms with E-state index in [0.717, 1.165) is 48.7 Å².